The molecule has 5 nitrogen and oxygen atoms in total. The van der Waals surface area contributed by atoms with Gasteiger partial charge in [0.25, 0.3) is 0 Å². The summed E-state index contributed by atoms with van der Waals surface area (Å²) in [5.74, 6) is -4.93. The van der Waals surface area contributed by atoms with Gasteiger partial charge in [0.05, 0.1) is 11.8 Å². The number of aliphatic hydroxyl groups is 2. The molecule has 0 aromatic rings. The van der Waals surface area contributed by atoms with E-state index in [1.54, 1.807) is 0 Å². The maximum absolute atomic E-state index is 12.9. The van der Waals surface area contributed by atoms with E-state index in [2.05, 4.69) is 13.8 Å². The summed E-state index contributed by atoms with van der Waals surface area (Å²) in [7, 11) is 0. The number of carbonyl (C=O) groups is 2. The highest BCUT2D eigenvalue weighted by Crippen LogP contribution is 2.31. The summed E-state index contributed by atoms with van der Waals surface area (Å²) in [5, 5.41) is 21.9. The van der Waals surface area contributed by atoms with Crippen molar-refractivity contribution in [3.8, 4) is 0 Å². The Morgan fingerprint density at radius 3 is 1.23 bits per heavy atom. The van der Waals surface area contributed by atoms with Gasteiger partial charge in [0.1, 0.15) is 11.6 Å². The Morgan fingerprint density at radius 1 is 0.564 bits per heavy atom. The lowest BCUT2D eigenvalue weighted by atomic mass is 9.78. The number of Topliss-reactive ketones (excluding diaryl/α,β-unsaturated/α-hetero) is 2. The van der Waals surface area contributed by atoms with E-state index in [0.29, 0.717) is 12.8 Å². The Kier molecular flexibility index (Phi) is 25.6. The van der Waals surface area contributed by atoms with Crippen LogP contribution in [-0.2, 0) is 9.59 Å². The van der Waals surface area contributed by atoms with Crippen LogP contribution in [0.25, 0.3) is 0 Å². The van der Waals surface area contributed by atoms with Crippen molar-refractivity contribution in [1.82, 2.24) is 0 Å². The zero-order chi connectivity index (χ0) is 29.2. The number of rotatable bonds is 30. The van der Waals surface area contributed by atoms with Crippen molar-refractivity contribution in [3.05, 3.63) is 0 Å². The van der Waals surface area contributed by atoms with Crippen LogP contribution in [0.4, 0.5) is 0 Å². The van der Waals surface area contributed by atoms with E-state index in [-0.39, 0.29) is 18.1 Å². The molecule has 0 aliphatic heterocycles. The number of ketones is 2. The van der Waals surface area contributed by atoms with E-state index in [0.717, 1.165) is 38.5 Å². The van der Waals surface area contributed by atoms with Crippen molar-refractivity contribution in [1.29, 1.82) is 0 Å². The molecule has 0 heterocycles. The maximum atomic E-state index is 12.9. The fraction of sp³-hybridized carbons (Fsp3) is 0.941. The van der Waals surface area contributed by atoms with Crippen LogP contribution in [0, 0.1) is 11.8 Å². The van der Waals surface area contributed by atoms with Crippen molar-refractivity contribution in [3.63, 3.8) is 0 Å². The third-order valence-corrected chi connectivity index (χ3v) is 8.51. The number of unbranched alkanes of at least 4 members (excludes halogenated alkanes) is 21. The molecule has 39 heavy (non-hydrogen) atoms. The third kappa shape index (κ3) is 19.9. The van der Waals surface area contributed by atoms with Crippen LogP contribution < -0.4 is 5.73 Å². The number of hydrogen-bond donors (Lipinski definition) is 3. The average molecular weight is 554 g/mol. The summed E-state index contributed by atoms with van der Waals surface area (Å²) < 4.78 is 0. The molecular formula is C34H67NO4. The Morgan fingerprint density at radius 2 is 0.897 bits per heavy atom. The van der Waals surface area contributed by atoms with Gasteiger partial charge in [0, 0.05) is 13.0 Å². The molecule has 0 aromatic carbocycles. The Hall–Kier alpha value is -0.780. The summed E-state index contributed by atoms with van der Waals surface area (Å²) in [6, 6.07) is 0. The number of nitrogens with two attached hydrogens (primary N) is 1. The first-order chi connectivity index (χ1) is 18.8. The van der Waals surface area contributed by atoms with Gasteiger partial charge in [-0.25, -0.2) is 0 Å². The molecule has 0 aliphatic carbocycles. The van der Waals surface area contributed by atoms with Crippen molar-refractivity contribution in [2.75, 3.05) is 6.54 Å². The first kappa shape index (κ1) is 38.2. The van der Waals surface area contributed by atoms with Crippen LogP contribution in [0.3, 0.4) is 0 Å². The van der Waals surface area contributed by atoms with Crippen molar-refractivity contribution in [2.24, 2.45) is 17.6 Å². The van der Waals surface area contributed by atoms with Gasteiger partial charge < -0.3 is 15.9 Å². The Labute approximate surface area is 242 Å². The quantitative estimate of drug-likeness (QED) is 0.0609. The van der Waals surface area contributed by atoms with E-state index >= 15 is 0 Å². The molecule has 0 radical (unpaired) electrons. The monoisotopic (exact) mass is 554 g/mol. The first-order valence-electron chi connectivity index (χ1n) is 17.0. The second-order valence-electron chi connectivity index (χ2n) is 12.2. The van der Waals surface area contributed by atoms with Gasteiger partial charge in [0.15, 0.2) is 5.79 Å². The molecule has 0 aliphatic rings. The topological polar surface area (TPSA) is 101 Å². The van der Waals surface area contributed by atoms with Crippen LogP contribution in [0.15, 0.2) is 0 Å². The summed E-state index contributed by atoms with van der Waals surface area (Å²) >= 11 is 0. The minimum Gasteiger partial charge on any atom is -0.364 e. The van der Waals surface area contributed by atoms with Gasteiger partial charge in [-0.2, -0.15) is 0 Å². The van der Waals surface area contributed by atoms with Crippen molar-refractivity contribution < 1.29 is 19.8 Å². The van der Waals surface area contributed by atoms with Crippen molar-refractivity contribution in [2.45, 2.75) is 187 Å². The van der Waals surface area contributed by atoms with Crippen LogP contribution >= 0.6 is 0 Å². The van der Waals surface area contributed by atoms with Gasteiger partial charge in [0.2, 0.25) is 0 Å². The largest absolute Gasteiger partial charge is 0.364 e. The fourth-order valence-electron chi connectivity index (χ4n) is 5.83. The predicted octanol–water partition coefficient (Wildman–Crippen LogP) is 8.81. The first-order valence-corrected chi connectivity index (χ1v) is 17.0. The highest BCUT2D eigenvalue weighted by molar-refractivity contribution is 5.85. The summed E-state index contributed by atoms with van der Waals surface area (Å²) in [5.41, 5.74) is 5.84. The smallest absolute Gasteiger partial charge is 0.183 e. The summed E-state index contributed by atoms with van der Waals surface area (Å²) in [4.78, 5) is 25.2. The molecule has 5 heteroatoms. The number of carbonyl (C=O) groups excluding carboxylic acids is 2. The summed E-state index contributed by atoms with van der Waals surface area (Å²) in [6.07, 6.45) is 28.5. The number of hydrogen-bond acceptors (Lipinski definition) is 5. The van der Waals surface area contributed by atoms with Crippen LogP contribution in [0.5, 0.6) is 0 Å². The van der Waals surface area contributed by atoms with Gasteiger partial charge in [-0.15, -0.1) is 0 Å². The second-order valence-corrected chi connectivity index (χ2v) is 12.2. The predicted molar refractivity (Wildman–Crippen MR) is 166 cm³/mol. The minimum absolute atomic E-state index is 0.147. The molecule has 0 saturated carbocycles. The highest BCUT2D eigenvalue weighted by atomic mass is 16.5. The maximum Gasteiger partial charge on any atom is 0.183 e. The van der Waals surface area contributed by atoms with Crippen LogP contribution in [0.2, 0.25) is 0 Å². The van der Waals surface area contributed by atoms with Gasteiger partial charge in [-0.3, -0.25) is 9.59 Å². The molecule has 0 spiro atoms. The SMILES string of the molecule is CCCCCCCCCCCCCCCC(=O)C(CN)C(O)(O)C(CCCCCCCCCCCC)C(C)=O. The molecule has 0 rings (SSSR count). The molecule has 0 fully saturated rings. The van der Waals surface area contributed by atoms with Gasteiger partial charge in [-0.1, -0.05) is 155 Å². The Bertz CT molecular complexity index is 578. The molecule has 0 bridgehead atoms. The molecule has 4 N–H and O–H groups in total. The lowest BCUT2D eigenvalue weighted by Crippen LogP contribution is -2.53. The van der Waals surface area contributed by atoms with E-state index in [1.165, 1.54) is 116 Å². The van der Waals surface area contributed by atoms with E-state index in [9.17, 15) is 19.8 Å². The van der Waals surface area contributed by atoms with Crippen LogP contribution in [-0.4, -0.2) is 34.1 Å². The Balaban J connectivity index is 4.19. The van der Waals surface area contributed by atoms with Gasteiger partial charge >= 0.3 is 0 Å². The van der Waals surface area contributed by atoms with E-state index in [4.69, 9.17) is 5.73 Å². The zero-order valence-electron chi connectivity index (χ0n) is 26.3. The fourth-order valence-corrected chi connectivity index (χ4v) is 5.83. The standard InChI is InChI=1S/C34H67NO4/c1-4-6-8-10-12-14-16-17-18-20-22-24-26-28-33(37)32(29-35)34(38,39)31(30(3)36)27-25-23-21-19-15-13-11-9-7-5-2/h31-32,38-39H,4-29,35H2,1-3H3. The lowest BCUT2D eigenvalue weighted by Gasteiger charge is -2.35. The minimum atomic E-state index is -2.37. The molecule has 232 valence electrons. The average Bonchev–Trinajstić information content (AvgIpc) is 2.89. The lowest BCUT2D eigenvalue weighted by molar-refractivity contribution is -0.228. The molecular weight excluding hydrogens is 486 g/mol. The normalized spacial score (nSPS) is 13.5. The second kappa shape index (κ2) is 26.1. The van der Waals surface area contributed by atoms with E-state index in [1.807, 2.05) is 0 Å². The third-order valence-electron chi connectivity index (χ3n) is 8.51. The zero-order valence-corrected chi connectivity index (χ0v) is 26.3. The molecule has 0 amide bonds. The highest BCUT2D eigenvalue weighted by Gasteiger charge is 2.46. The molecule has 0 saturated heterocycles. The van der Waals surface area contributed by atoms with Crippen LogP contribution in [0.1, 0.15) is 181 Å². The van der Waals surface area contributed by atoms with Crippen molar-refractivity contribution >= 4 is 11.6 Å². The van der Waals surface area contributed by atoms with E-state index < -0.39 is 17.6 Å². The molecule has 0 aromatic heterocycles. The summed E-state index contributed by atoms with van der Waals surface area (Å²) in [6.45, 7) is 5.73. The van der Waals surface area contributed by atoms with Gasteiger partial charge in [-0.05, 0) is 19.8 Å². The molecule has 2 unspecified atom stereocenters. The molecule has 2 atom stereocenters.